The molecule has 0 aliphatic heterocycles. The standard InChI is InChI=1S/C28H26ClFN6O/c1-16(21-9-18(5-7-24(21)30)20-13-34-36(4)15-20)35-26-22-10-17(6-8-25(22)31-14-23(26)29)19-11-32-27(33-12-19)28(2,3)37/h5-16,37H,1-4H3,(H,31,35). The maximum absolute atomic E-state index is 14.9. The van der Waals surface area contributed by atoms with Crippen LogP contribution >= 0.6 is 11.6 Å². The van der Waals surface area contributed by atoms with Crippen LogP contribution in [0.25, 0.3) is 33.2 Å². The van der Waals surface area contributed by atoms with E-state index < -0.39 is 11.6 Å². The molecule has 9 heteroatoms. The van der Waals surface area contributed by atoms with Gasteiger partial charge in [-0.05, 0) is 56.2 Å². The van der Waals surface area contributed by atoms with Gasteiger partial charge in [-0.3, -0.25) is 9.67 Å². The number of halogens is 2. The molecule has 5 aromatic rings. The van der Waals surface area contributed by atoms with Crippen molar-refractivity contribution in [1.29, 1.82) is 0 Å². The van der Waals surface area contributed by atoms with Gasteiger partial charge in [0.1, 0.15) is 11.4 Å². The molecule has 0 aliphatic rings. The van der Waals surface area contributed by atoms with Crippen molar-refractivity contribution in [3.63, 3.8) is 0 Å². The first-order valence-electron chi connectivity index (χ1n) is 11.8. The number of nitrogens with zero attached hydrogens (tertiary/aromatic N) is 5. The van der Waals surface area contributed by atoms with E-state index in [9.17, 15) is 9.50 Å². The van der Waals surface area contributed by atoms with Crippen LogP contribution in [0.2, 0.25) is 5.02 Å². The van der Waals surface area contributed by atoms with Crippen molar-refractivity contribution in [2.24, 2.45) is 7.05 Å². The van der Waals surface area contributed by atoms with Gasteiger partial charge in [0.15, 0.2) is 5.82 Å². The second-order valence-electron chi connectivity index (χ2n) is 9.57. The summed E-state index contributed by atoms with van der Waals surface area (Å²) in [5.74, 6) is 0.0281. The lowest BCUT2D eigenvalue weighted by Crippen LogP contribution is -2.19. The number of fused-ring (bicyclic) bond motifs is 1. The minimum absolute atomic E-state index is 0.313. The molecule has 0 radical (unpaired) electrons. The van der Waals surface area contributed by atoms with Crippen molar-refractivity contribution >= 4 is 28.2 Å². The number of benzene rings is 2. The molecule has 0 saturated heterocycles. The van der Waals surface area contributed by atoms with Gasteiger partial charge >= 0.3 is 0 Å². The molecule has 0 amide bonds. The number of aromatic nitrogens is 5. The molecule has 7 nitrogen and oxygen atoms in total. The summed E-state index contributed by atoms with van der Waals surface area (Å²) in [6, 6.07) is 10.4. The van der Waals surface area contributed by atoms with E-state index in [4.69, 9.17) is 11.6 Å². The lowest BCUT2D eigenvalue weighted by Gasteiger charge is -2.20. The third-order valence-corrected chi connectivity index (χ3v) is 6.50. The number of hydrogen-bond donors (Lipinski definition) is 2. The molecule has 3 heterocycles. The van der Waals surface area contributed by atoms with Gasteiger partial charge in [0.25, 0.3) is 0 Å². The summed E-state index contributed by atoms with van der Waals surface area (Å²) in [6.07, 6.45) is 8.58. The highest BCUT2D eigenvalue weighted by atomic mass is 35.5. The fourth-order valence-corrected chi connectivity index (χ4v) is 4.41. The fourth-order valence-electron chi connectivity index (χ4n) is 4.21. The number of aryl methyl sites for hydroxylation is 1. The van der Waals surface area contributed by atoms with E-state index in [-0.39, 0.29) is 5.82 Å². The van der Waals surface area contributed by atoms with Crippen molar-refractivity contribution in [2.75, 3.05) is 5.32 Å². The van der Waals surface area contributed by atoms with Crippen LogP contribution in [0.1, 0.15) is 38.2 Å². The lowest BCUT2D eigenvalue weighted by atomic mass is 10.0. The van der Waals surface area contributed by atoms with Crippen LogP contribution in [0.3, 0.4) is 0 Å². The first-order chi connectivity index (χ1) is 17.6. The highest BCUT2D eigenvalue weighted by Crippen LogP contribution is 2.36. The van der Waals surface area contributed by atoms with E-state index in [1.807, 2.05) is 44.4 Å². The van der Waals surface area contributed by atoms with E-state index >= 15 is 0 Å². The molecule has 188 valence electrons. The molecule has 0 fully saturated rings. The molecular formula is C28H26ClFN6O. The Hall–Kier alpha value is -3.88. The van der Waals surface area contributed by atoms with Gasteiger partial charge in [0.2, 0.25) is 0 Å². The number of rotatable bonds is 6. The minimum Gasteiger partial charge on any atom is -0.382 e. The maximum Gasteiger partial charge on any atom is 0.159 e. The summed E-state index contributed by atoms with van der Waals surface area (Å²) in [5.41, 5.74) is 4.20. The summed E-state index contributed by atoms with van der Waals surface area (Å²) in [4.78, 5) is 13.1. The van der Waals surface area contributed by atoms with Crippen LogP contribution < -0.4 is 5.32 Å². The van der Waals surface area contributed by atoms with Crippen molar-refractivity contribution < 1.29 is 9.50 Å². The second-order valence-corrected chi connectivity index (χ2v) is 9.98. The van der Waals surface area contributed by atoms with Crippen LogP contribution in [0.5, 0.6) is 0 Å². The van der Waals surface area contributed by atoms with Crippen molar-refractivity contribution in [2.45, 2.75) is 32.4 Å². The zero-order valence-electron chi connectivity index (χ0n) is 20.9. The first-order valence-corrected chi connectivity index (χ1v) is 12.2. The third-order valence-electron chi connectivity index (χ3n) is 6.22. The zero-order chi connectivity index (χ0) is 26.3. The first kappa shape index (κ1) is 24.8. The minimum atomic E-state index is -1.13. The fraction of sp³-hybridized carbons (Fsp3) is 0.214. The number of nitrogens with one attached hydrogen (secondary N) is 1. The number of aliphatic hydroxyl groups is 1. The summed E-state index contributed by atoms with van der Waals surface area (Å²) in [7, 11) is 1.84. The van der Waals surface area contributed by atoms with Crippen molar-refractivity contribution in [3.8, 4) is 22.3 Å². The zero-order valence-corrected chi connectivity index (χ0v) is 21.6. The highest BCUT2D eigenvalue weighted by Gasteiger charge is 2.20. The van der Waals surface area contributed by atoms with Crippen LogP contribution in [-0.4, -0.2) is 29.8 Å². The van der Waals surface area contributed by atoms with E-state index in [2.05, 4.69) is 25.4 Å². The molecular weight excluding hydrogens is 491 g/mol. The van der Waals surface area contributed by atoms with Crippen LogP contribution in [-0.2, 0) is 12.6 Å². The Balaban J connectivity index is 1.51. The molecule has 1 unspecified atom stereocenters. The molecule has 2 N–H and O–H groups in total. The van der Waals surface area contributed by atoms with Gasteiger partial charge in [-0.1, -0.05) is 23.7 Å². The molecule has 5 rings (SSSR count). The third kappa shape index (κ3) is 5.03. The average Bonchev–Trinajstić information content (AvgIpc) is 3.31. The van der Waals surface area contributed by atoms with Crippen molar-refractivity contribution in [1.82, 2.24) is 24.7 Å². The van der Waals surface area contributed by atoms with Crippen LogP contribution in [0.15, 0.2) is 67.4 Å². The molecule has 2 aromatic carbocycles. The SMILES string of the molecule is CC(Nc1c(Cl)cnc2ccc(-c3cnc(C(C)(C)O)nc3)cc12)c1cc(-c2cnn(C)c2)ccc1F. The largest absolute Gasteiger partial charge is 0.382 e. The lowest BCUT2D eigenvalue weighted by molar-refractivity contribution is 0.0687. The average molecular weight is 517 g/mol. The monoisotopic (exact) mass is 516 g/mol. The number of pyridine rings is 1. The molecule has 0 bridgehead atoms. The Morgan fingerprint density at radius 3 is 2.32 bits per heavy atom. The Labute approximate surface area is 219 Å². The molecule has 1 atom stereocenters. The Morgan fingerprint density at radius 2 is 1.65 bits per heavy atom. The van der Waals surface area contributed by atoms with E-state index in [0.717, 1.165) is 33.2 Å². The van der Waals surface area contributed by atoms with Gasteiger partial charge < -0.3 is 10.4 Å². The van der Waals surface area contributed by atoms with Crippen molar-refractivity contribution in [3.05, 3.63) is 89.6 Å². The molecule has 37 heavy (non-hydrogen) atoms. The topological polar surface area (TPSA) is 88.8 Å². The van der Waals surface area contributed by atoms with Gasteiger partial charge in [-0.2, -0.15) is 5.10 Å². The molecule has 0 saturated carbocycles. The summed E-state index contributed by atoms with van der Waals surface area (Å²) >= 11 is 6.59. The van der Waals surface area contributed by atoms with Gasteiger partial charge in [0.05, 0.1) is 28.5 Å². The number of hydrogen-bond acceptors (Lipinski definition) is 6. The van der Waals surface area contributed by atoms with Crippen LogP contribution in [0.4, 0.5) is 10.1 Å². The van der Waals surface area contributed by atoms with E-state index in [1.54, 1.807) is 49.4 Å². The molecule has 3 aromatic heterocycles. The predicted molar refractivity (Wildman–Crippen MR) is 144 cm³/mol. The number of anilines is 1. The highest BCUT2D eigenvalue weighted by molar-refractivity contribution is 6.34. The van der Waals surface area contributed by atoms with E-state index in [0.29, 0.717) is 22.1 Å². The Bertz CT molecular complexity index is 1590. The molecule has 0 aliphatic carbocycles. The quantitative estimate of drug-likeness (QED) is 0.276. The van der Waals surface area contributed by atoms with Crippen LogP contribution in [0, 0.1) is 5.82 Å². The summed E-state index contributed by atoms with van der Waals surface area (Å²) in [6.45, 7) is 5.17. The van der Waals surface area contributed by atoms with Gasteiger partial charge in [-0.25, -0.2) is 14.4 Å². The normalized spacial score (nSPS) is 12.6. The summed E-state index contributed by atoms with van der Waals surface area (Å²) in [5, 5.41) is 19.0. The Kier molecular flexibility index (Phi) is 6.39. The smallest absolute Gasteiger partial charge is 0.159 e. The summed E-state index contributed by atoms with van der Waals surface area (Å²) < 4.78 is 16.6. The Morgan fingerprint density at radius 1 is 0.946 bits per heavy atom. The maximum atomic E-state index is 14.9. The van der Waals surface area contributed by atoms with Gasteiger partial charge in [0, 0.05) is 53.9 Å². The predicted octanol–water partition coefficient (Wildman–Crippen LogP) is 6.29. The molecule has 0 spiro atoms. The van der Waals surface area contributed by atoms with Gasteiger partial charge in [-0.15, -0.1) is 0 Å². The second kappa shape index (κ2) is 9.53. The van der Waals surface area contributed by atoms with E-state index in [1.165, 1.54) is 6.07 Å².